The number of benzene rings is 1. The highest BCUT2D eigenvalue weighted by atomic mass is 79.9. The molecule has 0 aliphatic heterocycles. The minimum atomic E-state index is -0.928. The number of rotatable bonds is 5. The van der Waals surface area contributed by atoms with Gasteiger partial charge in [0.05, 0.1) is 22.3 Å². The molecule has 0 amide bonds. The van der Waals surface area contributed by atoms with Crippen LogP contribution in [0.4, 0.5) is 0 Å². The summed E-state index contributed by atoms with van der Waals surface area (Å²) in [6.45, 7) is 2.95. The largest absolute Gasteiger partial charge is 0.478 e. The number of carbonyl (C=O) groups is 1. The van der Waals surface area contributed by atoms with E-state index < -0.39 is 5.97 Å². The van der Waals surface area contributed by atoms with Crippen LogP contribution in [0, 0.1) is 6.92 Å². The van der Waals surface area contributed by atoms with Crippen LogP contribution in [0.2, 0.25) is 0 Å². The molecule has 20 heavy (non-hydrogen) atoms. The van der Waals surface area contributed by atoms with Crippen LogP contribution in [0.25, 0.3) is 11.3 Å². The van der Waals surface area contributed by atoms with E-state index in [2.05, 4.69) is 15.9 Å². The Balaban J connectivity index is 2.64. The van der Waals surface area contributed by atoms with Gasteiger partial charge < -0.3 is 14.4 Å². The summed E-state index contributed by atoms with van der Waals surface area (Å²) in [5.41, 5.74) is 2.88. The number of hydrogen-bond acceptors (Lipinski definition) is 2. The van der Waals surface area contributed by atoms with Crippen molar-refractivity contribution in [2.45, 2.75) is 13.5 Å². The van der Waals surface area contributed by atoms with E-state index in [1.54, 1.807) is 7.11 Å². The molecule has 0 aliphatic carbocycles. The Morgan fingerprint density at radius 1 is 1.35 bits per heavy atom. The molecule has 4 nitrogen and oxygen atoms in total. The molecule has 1 N–H and O–H groups in total. The molecule has 2 aromatic rings. The molecule has 0 bridgehead atoms. The third-order valence-corrected chi connectivity index (χ3v) is 4.02. The fourth-order valence-electron chi connectivity index (χ4n) is 2.29. The summed E-state index contributed by atoms with van der Waals surface area (Å²) in [6, 6.07) is 9.74. The molecule has 0 radical (unpaired) electrons. The summed E-state index contributed by atoms with van der Waals surface area (Å²) in [5, 5.41) is 9.38. The number of nitrogens with zero attached hydrogens (tertiary/aromatic N) is 1. The predicted octanol–water partition coefficient (Wildman–Crippen LogP) is 3.57. The van der Waals surface area contributed by atoms with Crippen molar-refractivity contribution in [3.63, 3.8) is 0 Å². The molecular formula is C15H16BrNO3. The monoisotopic (exact) mass is 337 g/mol. The van der Waals surface area contributed by atoms with E-state index in [1.165, 1.54) is 0 Å². The van der Waals surface area contributed by atoms with Crippen LogP contribution in [0.5, 0.6) is 0 Å². The molecule has 5 heteroatoms. The summed E-state index contributed by atoms with van der Waals surface area (Å²) in [4.78, 5) is 11.4. The van der Waals surface area contributed by atoms with Gasteiger partial charge in [-0.3, -0.25) is 0 Å². The zero-order chi connectivity index (χ0) is 14.7. The van der Waals surface area contributed by atoms with Crippen molar-refractivity contribution in [2.24, 2.45) is 0 Å². The molecule has 106 valence electrons. The van der Waals surface area contributed by atoms with Gasteiger partial charge in [0.1, 0.15) is 0 Å². The summed E-state index contributed by atoms with van der Waals surface area (Å²) in [5.74, 6) is -0.928. The van der Waals surface area contributed by atoms with Crippen LogP contribution >= 0.6 is 15.9 Å². The molecule has 1 aromatic carbocycles. The molecule has 2 rings (SSSR count). The maximum absolute atomic E-state index is 11.4. The fraction of sp³-hybridized carbons (Fsp3) is 0.267. The molecule has 0 fully saturated rings. The first-order valence-electron chi connectivity index (χ1n) is 6.24. The first-order chi connectivity index (χ1) is 9.57. The van der Waals surface area contributed by atoms with Crippen molar-refractivity contribution in [3.8, 4) is 11.3 Å². The minimum absolute atomic E-state index is 0.306. The first-order valence-corrected chi connectivity index (χ1v) is 7.03. The average molecular weight is 338 g/mol. The van der Waals surface area contributed by atoms with Crippen molar-refractivity contribution < 1.29 is 14.6 Å². The highest BCUT2D eigenvalue weighted by molar-refractivity contribution is 9.10. The number of halogens is 1. The van der Waals surface area contributed by atoms with Crippen LogP contribution in [0.1, 0.15) is 16.1 Å². The quantitative estimate of drug-likeness (QED) is 0.907. The number of methoxy groups -OCH3 is 1. The lowest BCUT2D eigenvalue weighted by atomic mass is 10.1. The van der Waals surface area contributed by atoms with Crippen LogP contribution in [-0.4, -0.2) is 29.4 Å². The van der Waals surface area contributed by atoms with Gasteiger partial charge in [0.2, 0.25) is 0 Å². The van der Waals surface area contributed by atoms with Crippen molar-refractivity contribution in [1.29, 1.82) is 0 Å². The van der Waals surface area contributed by atoms with E-state index in [4.69, 9.17) is 4.74 Å². The third kappa shape index (κ3) is 2.64. The molecule has 0 unspecified atom stereocenters. The Morgan fingerprint density at radius 3 is 2.55 bits per heavy atom. The number of aromatic nitrogens is 1. The Bertz CT molecular complexity index is 620. The van der Waals surface area contributed by atoms with Crippen molar-refractivity contribution in [2.75, 3.05) is 13.7 Å². The lowest BCUT2D eigenvalue weighted by Crippen LogP contribution is -2.08. The Morgan fingerprint density at radius 2 is 2.00 bits per heavy atom. The Labute approximate surface area is 126 Å². The van der Waals surface area contributed by atoms with E-state index >= 15 is 0 Å². The number of carboxylic acid groups (broad SMARTS) is 1. The van der Waals surface area contributed by atoms with Crippen molar-refractivity contribution >= 4 is 21.9 Å². The molecule has 0 atom stereocenters. The highest BCUT2D eigenvalue weighted by Gasteiger charge is 2.23. The minimum Gasteiger partial charge on any atom is -0.478 e. The molecule has 0 saturated carbocycles. The van der Waals surface area contributed by atoms with Gasteiger partial charge in [-0.25, -0.2) is 4.79 Å². The number of hydrogen-bond donors (Lipinski definition) is 1. The van der Waals surface area contributed by atoms with Gasteiger partial charge in [-0.2, -0.15) is 0 Å². The number of carboxylic acids is 1. The summed E-state index contributed by atoms with van der Waals surface area (Å²) in [6.07, 6.45) is 0. The van der Waals surface area contributed by atoms with E-state index in [-0.39, 0.29) is 0 Å². The van der Waals surface area contributed by atoms with Gasteiger partial charge in [-0.15, -0.1) is 0 Å². The van der Waals surface area contributed by atoms with Gasteiger partial charge >= 0.3 is 5.97 Å². The maximum Gasteiger partial charge on any atom is 0.338 e. The highest BCUT2D eigenvalue weighted by Crippen LogP contribution is 2.35. The zero-order valence-electron chi connectivity index (χ0n) is 11.4. The number of ether oxygens (including phenoxy) is 1. The second-order valence-corrected chi connectivity index (χ2v) is 5.23. The van der Waals surface area contributed by atoms with Gasteiger partial charge in [0.25, 0.3) is 0 Å². The summed E-state index contributed by atoms with van der Waals surface area (Å²) in [7, 11) is 1.63. The third-order valence-electron chi connectivity index (χ3n) is 3.24. The SMILES string of the molecule is COCCn1c(C)c(C(=O)O)c(Br)c1-c1ccccc1. The van der Waals surface area contributed by atoms with Crippen LogP contribution in [-0.2, 0) is 11.3 Å². The first kappa shape index (κ1) is 14.8. The van der Waals surface area contributed by atoms with Gasteiger partial charge in [0.15, 0.2) is 0 Å². The van der Waals surface area contributed by atoms with Gasteiger partial charge in [0, 0.05) is 19.3 Å². The second kappa shape index (κ2) is 6.24. The van der Waals surface area contributed by atoms with E-state index in [1.807, 2.05) is 41.8 Å². The molecule has 0 saturated heterocycles. The fourth-order valence-corrected chi connectivity index (χ4v) is 3.19. The molecule has 0 aliphatic rings. The summed E-state index contributed by atoms with van der Waals surface area (Å²) >= 11 is 3.44. The van der Waals surface area contributed by atoms with E-state index in [0.29, 0.717) is 23.2 Å². The predicted molar refractivity (Wildman–Crippen MR) is 81.1 cm³/mol. The number of aromatic carboxylic acids is 1. The molecule has 1 heterocycles. The van der Waals surface area contributed by atoms with Gasteiger partial charge in [-0.05, 0) is 28.4 Å². The topological polar surface area (TPSA) is 51.5 Å². The normalized spacial score (nSPS) is 10.8. The lowest BCUT2D eigenvalue weighted by Gasteiger charge is -2.11. The lowest BCUT2D eigenvalue weighted by molar-refractivity contribution is 0.0695. The smallest absolute Gasteiger partial charge is 0.338 e. The second-order valence-electron chi connectivity index (χ2n) is 4.44. The van der Waals surface area contributed by atoms with Crippen LogP contribution in [0.15, 0.2) is 34.8 Å². The Hall–Kier alpha value is -1.59. The van der Waals surface area contributed by atoms with Gasteiger partial charge in [-0.1, -0.05) is 30.3 Å². The average Bonchev–Trinajstić information content (AvgIpc) is 2.68. The standard InChI is InChI=1S/C15H16BrNO3/c1-10-12(15(18)19)13(16)14(17(10)8-9-20-2)11-6-4-3-5-7-11/h3-7H,8-9H2,1-2H3,(H,18,19). The van der Waals surface area contributed by atoms with Crippen LogP contribution in [0.3, 0.4) is 0 Å². The Kier molecular flexibility index (Phi) is 4.62. The van der Waals surface area contributed by atoms with E-state index in [9.17, 15) is 9.90 Å². The zero-order valence-corrected chi connectivity index (χ0v) is 13.0. The maximum atomic E-state index is 11.4. The molecular weight excluding hydrogens is 322 g/mol. The van der Waals surface area contributed by atoms with E-state index in [0.717, 1.165) is 17.0 Å². The van der Waals surface area contributed by atoms with Crippen molar-refractivity contribution in [1.82, 2.24) is 4.57 Å². The van der Waals surface area contributed by atoms with Crippen molar-refractivity contribution in [3.05, 3.63) is 46.1 Å². The summed E-state index contributed by atoms with van der Waals surface area (Å²) < 4.78 is 7.71. The molecule has 1 aromatic heterocycles. The molecule has 0 spiro atoms. The van der Waals surface area contributed by atoms with Crippen LogP contribution < -0.4 is 0 Å².